The number of rotatable bonds is 4. The molecule has 6 heteroatoms. The Balaban J connectivity index is 2.41. The zero-order chi connectivity index (χ0) is 14.7. The molecular formula is C14H17ClN4S. The molecule has 2 aromatic rings. The van der Waals surface area contributed by atoms with Gasteiger partial charge in [0.15, 0.2) is 5.82 Å². The Morgan fingerprint density at radius 1 is 1.25 bits per heavy atom. The summed E-state index contributed by atoms with van der Waals surface area (Å²) in [6.45, 7) is 1.99. The number of hydrogen-bond donors (Lipinski definition) is 1. The van der Waals surface area contributed by atoms with Gasteiger partial charge in [-0.15, -0.1) is 11.8 Å². The summed E-state index contributed by atoms with van der Waals surface area (Å²) in [7, 11) is 1.92. The summed E-state index contributed by atoms with van der Waals surface area (Å²) in [5.41, 5.74) is 6.85. The summed E-state index contributed by atoms with van der Waals surface area (Å²) >= 11 is 7.94. The molecule has 20 heavy (non-hydrogen) atoms. The van der Waals surface area contributed by atoms with Crippen LogP contribution in [0.2, 0.25) is 5.02 Å². The van der Waals surface area contributed by atoms with Crippen molar-refractivity contribution in [3.05, 3.63) is 35.1 Å². The van der Waals surface area contributed by atoms with Crippen LogP contribution in [0, 0.1) is 0 Å². The maximum absolute atomic E-state index is 6.23. The van der Waals surface area contributed by atoms with Gasteiger partial charge in [-0.2, -0.15) is 0 Å². The van der Waals surface area contributed by atoms with Crippen molar-refractivity contribution >= 4 is 40.7 Å². The fraction of sp³-hybridized carbons (Fsp3) is 0.286. The van der Waals surface area contributed by atoms with E-state index in [9.17, 15) is 0 Å². The number of nitrogens with zero attached hydrogens (tertiary/aromatic N) is 3. The number of thioether (sulfide) groups is 1. The molecule has 0 aliphatic heterocycles. The molecule has 1 heterocycles. The van der Waals surface area contributed by atoms with Gasteiger partial charge in [-0.05, 0) is 30.5 Å². The van der Waals surface area contributed by atoms with E-state index in [0.717, 1.165) is 5.69 Å². The zero-order valence-corrected chi connectivity index (χ0v) is 13.3. The molecule has 0 bridgehead atoms. The largest absolute Gasteiger partial charge is 0.382 e. The first-order valence-electron chi connectivity index (χ1n) is 6.26. The minimum Gasteiger partial charge on any atom is -0.382 e. The highest BCUT2D eigenvalue weighted by molar-refractivity contribution is 7.98. The summed E-state index contributed by atoms with van der Waals surface area (Å²) in [4.78, 5) is 11.8. The van der Waals surface area contributed by atoms with Crippen LogP contribution < -0.4 is 10.6 Å². The molecule has 0 atom stereocenters. The topological polar surface area (TPSA) is 55.0 Å². The molecule has 0 unspecified atom stereocenters. The molecule has 0 spiro atoms. The highest BCUT2D eigenvalue weighted by Gasteiger charge is 2.15. The third-order valence-electron chi connectivity index (χ3n) is 3.00. The van der Waals surface area contributed by atoms with E-state index < -0.39 is 0 Å². The predicted molar refractivity (Wildman–Crippen MR) is 87.1 cm³/mol. The average Bonchev–Trinajstić information content (AvgIpc) is 2.49. The first-order chi connectivity index (χ1) is 9.56. The van der Waals surface area contributed by atoms with Crippen molar-refractivity contribution < 1.29 is 0 Å². The smallest absolute Gasteiger partial charge is 0.157 e. The second-order valence-electron chi connectivity index (χ2n) is 4.27. The Hall–Kier alpha value is -1.46. The van der Waals surface area contributed by atoms with E-state index in [2.05, 4.69) is 22.1 Å². The zero-order valence-electron chi connectivity index (χ0n) is 11.7. The number of nitrogens with two attached hydrogens (primary N) is 1. The Kier molecular flexibility index (Phi) is 4.73. The lowest BCUT2D eigenvalue weighted by Crippen LogP contribution is -2.14. The molecule has 0 aliphatic rings. The average molecular weight is 309 g/mol. The molecule has 0 radical (unpaired) electrons. The van der Waals surface area contributed by atoms with E-state index in [4.69, 9.17) is 17.3 Å². The van der Waals surface area contributed by atoms with Gasteiger partial charge in [0.1, 0.15) is 16.7 Å². The van der Waals surface area contributed by atoms with Crippen molar-refractivity contribution in [2.75, 3.05) is 23.9 Å². The number of halogens is 1. The maximum Gasteiger partial charge on any atom is 0.157 e. The first kappa shape index (κ1) is 14.9. The first-order valence-corrected chi connectivity index (χ1v) is 7.86. The quantitative estimate of drug-likeness (QED) is 0.871. The van der Waals surface area contributed by atoms with Gasteiger partial charge in [-0.1, -0.05) is 18.5 Å². The van der Waals surface area contributed by atoms with Gasteiger partial charge in [-0.25, -0.2) is 9.97 Å². The van der Waals surface area contributed by atoms with Gasteiger partial charge in [0.05, 0.1) is 0 Å². The maximum atomic E-state index is 6.23. The number of benzene rings is 1. The molecule has 1 aromatic carbocycles. The fourth-order valence-corrected chi connectivity index (χ4v) is 2.43. The Bertz CT molecular complexity index is 601. The van der Waals surface area contributed by atoms with Gasteiger partial charge >= 0.3 is 0 Å². The second-order valence-corrected chi connectivity index (χ2v) is 5.53. The minimum absolute atomic E-state index is 0.320. The number of anilines is 3. The van der Waals surface area contributed by atoms with Gasteiger partial charge in [0.25, 0.3) is 0 Å². The van der Waals surface area contributed by atoms with Crippen molar-refractivity contribution in [1.29, 1.82) is 0 Å². The summed E-state index contributed by atoms with van der Waals surface area (Å²) in [6, 6.07) is 8.20. The van der Waals surface area contributed by atoms with E-state index in [0.29, 0.717) is 28.9 Å². The number of nitrogen functional groups attached to an aromatic ring is 1. The van der Waals surface area contributed by atoms with Crippen LogP contribution in [0.1, 0.15) is 12.7 Å². The highest BCUT2D eigenvalue weighted by Crippen LogP contribution is 2.32. The van der Waals surface area contributed by atoms with Crippen molar-refractivity contribution in [2.45, 2.75) is 18.2 Å². The lowest BCUT2D eigenvalue weighted by Gasteiger charge is -2.20. The third kappa shape index (κ3) is 2.99. The predicted octanol–water partition coefficient (Wildman–Crippen LogP) is 3.76. The fourth-order valence-electron chi connectivity index (χ4n) is 1.81. The Labute approximate surface area is 128 Å². The monoisotopic (exact) mass is 308 g/mol. The molecule has 0 saturated heterocycles. The molecular weight excluding hydrogens is 292 g/mol. The van der Waals surface area contributed by atoms with E-state index in [-0.39, 0.29) is 0 Å². The Morgan fingerprint density at radius 2 is 1.90 bits per heavy atom. The summed E-state index contributed by atoms with van der Waals surface area (Å²) < 4.78 is 0. The molecule has 1 aromatic heterocycles. The van der Waals surface area contributed by atoms with Crippen molar-refractivity contribution in [1.82, 2.24) is 9.97 Å². The lowest BCUT2D eigenvalue weighted by atomic mass is 10.3. The molecule has 0 aliphatic carbocycles. The summed E-state index contributed by atoms with van der Waals surface area (Å²) in [5.74, 6) is 1.64. The minimum atomic E-state index is 0.320. The SMILES string of the molecule is CCc1nc(N)c(Cl)c(N(C)c2ccc(SC)cc2)n1. The van der Waals surface area contributed by atoms with Crippen LogP contribution in [-0.4, -0.2) is 23.3 Å². The lowest BCUT2D eigenvalue weighted by molar-refractivity contribution is 0.931. The van der Waals surface area contributed by atoms with Gasteiger partial charge < -0.3 is 10.6 Å². The van der Waals surface area contributed by atoms with E-state index in [1.54, 1.807) is 11.8 Å². The standard InChI is InChI=1S/C14H17ClN4S/c1-4-11-17-13(16)12(15)14(18-11)19(2)9-5-7-10(20-3)8-6-9/h5-8H,4H2,1-3H3,(H2,16,17,18). The third-order valence-corrected chi connectivity index (χ3v) is 4.11. The van der Waals surface area contributed by atoms with Crippen molar-refractivity contribution in [3.63, 3.8) is 0 Å². The number of aryl methyl sites for hydroxylation is 1. The van der Waals surface area contributed by atoms with Crippen LogP contribution in [0.5, 0.6) is 0 Å². The highest BCUT2D eigenvalue weighted by atomic mass is 35.5. The number of aromatic nitrogens is 2. The Morgan fingerprint density at radius 3 is 2.45 bits per heavy atom. The summed E-state index contributed by atoms with van der Waals surface area (Å²) in [5, 5.41) is 0.388. The van der Waals surface area contributed by atoms with Gasteiger partial charge in [0.2, 0.25) is 0 Å². The van der Waals surface area contributed by atoms with Gasteiger partial charge in [0, 0.05) is 24.1 Å². The van der Waals surface area contributed by atoms with Crippen LogP contribution in [0.25, 0.3) is 0 Å². The molecule has 2 rings (SSSR count). The van der Waals surface area contributed by atoms with Crippen LogP contribution in [0.4, 0.5) is 17.3 Å². The van der Waals surface area contributed by atoms with Crippen LogP contribution in [0.15, 0.2) is 29.2 Å². The van der Waals surface area contributed by atoms with Gasteiger partial charge in [-0.3, -0.25) is 0 Å². The van der Waals surface area contributed by atoms with E-state index >= 15 is 0 Å². The van der Waals surface area contributed by atoms with Crippen molar-refractivity contribution in [3.8, 4) is 0 Å². The van der Waals surface area contributed by atoms with Crippen molar-refractivity contribution in [2.24, 2.45) is 0 Å². The summed E-state index contributed by atoms with van der Waals surface area (Å²) in [6.07, 6.45) is 2.77. The molecule has 0 saturated carbocycles. The van der Waals surface area contributed by atoms with Crippen LogP contribution >= 0.6 is 23.4 Å². The van der Waals surface area contributed by atoms with E-state index in [1.165, 1.54) is 4.90 Å². The van der Waals surface area contributed by atoms with E-state index in [1.807, 2.05) is 37.3 Å². The molecule has 4 nitrogen and oxygen atoms in total. The number of hydrogen-bond acceptors (Lipinski definition) is 5. The molecule has 0 fully saturated rings. The molecule has 106 valence electrons. The van der Waals surface area contributed by atoms with Crippen LogP contribution in [-0.2, 0) is 6.42 Å². The normalized spacial score (nSPS) is 10.6. The second kappa shape index (κ2) is 6.33. The van der Waals surface area contributed by atoms with Crippen LogP contribution in [0.3, 0.4) is 0 Å². The molecule has 0 amide bonds. The molecule has 2 N–H and O–H groups in total.